The van der Waals surface area contributed by atoms with Crippen molar-refractivity contribution < 1.29 is 32.9 Å². The van der Waals surface area contributed by atoms with Gasteiger partial charge in [-0.05, 0) is 89.9 Å². The van der Waals surface area contributed by atoms with E-state index in [1.165, 1.54) is 141 Å². The van der Waals surface area contributed by atoms with E-state index < -0.39 is 20.0 Å². The van der Waals surface area contributed by atoms with Crippen molar-refractivity contribution in [1.29, 1.82) is 0 Å². The number of nitrogens with one attached hydrogen (secondary N) is 1. The molecule has 0 heterocycles. The normalized spacial score (nSPS) is 14.6. The van der Waals surface area contributed by atoms with Crippen LogP contribution in [0.3, 0.4) is 0 Å². The lowest BCUT2D eigenvalue weighted by Gasteiger charge is -2.25. The number of unbranched alkanes of at least 4 members (excludes halogenated alkanes) is 25. The summed E-state index contributed by atoms with van der Waals surface area (Å²) in [6.07, 6.45) is 75.1. The molecular weight excluding hydrogens is 900 g/mol. The summed E-state index contributed by atoms with van der Waals surface area (Å²) in [6.45, 7) is 4.67. The lowest BCUT2D eigenvalue weighted by molar-refractivity contribution is -0.870. The van der Waals surface area contributed by atoms with Gasteiger partial charge in [0.15, 0.2) is 0 Å². The summed E-state index contributed by atoms with van der Waals surface area (Å²) < 4.78 is 23.7. The third-order valence-corrected chi connectivity index (χ3v) is 13.5. The summed E-state index contributed by atoms with van der Waals surface area (Å²) in [6, 6.07) is -0.876. The molecule has 410 valence electrons. The fraction of sp³-hybridized carbons (Fsp3) is 0.726. The van der Waals surface area contributed by atoms with Gasteiger partial charge in [-0.2, -0.15) is 0 Å². The highest BCUT2D eigenvalue weighted by Gasteiger charge is 2.27. The van der Waals surface area contributed by atoms with E-state index in [0.29, 0.717) is 17.4 Å². The maximum atomic E-state index is 13.0. The Balaban J connectivity index is 4.25. The van der Waals surface area contributed by atoms with E-state index in [-0.39, 0.29) is 19.1 Å². The minimum Gasteiger partial charge on any atom is -0.387 e. The zero-order chi connectivity index (χ0) is 52.0. The second kappa shape index (κ2) is 52.3. The van der Waals surface area contributed by atoms with Crippen LogP contribution in [-0.4, -0.2) is 73.4 Å². The molecule has 0 aliphatic heterocycles. The first-order valence-electron chi connectivity index (χ1n) is 29.1. The van der Waals surface area contributed by atoms with Crippen LogP contribution in [0, 0.1) is 0 Å². The predicted molar refractivity (Wildman–Crippen MR) is 309 cm³/mol. The van der Waals surface area contributed by atoms with Gasteiger partial charge in [0.2, 0.25) is 5.91 Å². The van der Waals surface area contributed by atoms with Crippen LogP contribution in [-0.2, 0) is 18.4 Å². The number of phosphoric ester groups is 1. The Morgan fingerprint density at radius 2 is 0.859 bits per heavy atom. The number of hydrogen-bond acceptors (Lipinski definition) is 5. The lowest BCUT2D eigenvalue weighted by atomic mass is 10.0. The van der Waals surface area contributed by atoms with Gasteiger partial charge in [0.1, 0.15) is 13.2 Å². The van der Waals surface area contributed by atoms with E-state index in [2.05, 4.69) is 104 Å². The largest absolute Gasteiger partial charge is 0.472 e. The molecule has 0 fully saturated rings. The van der Waals surface area contributed by atoms with Gasteiger partial charge in [-0.1, -0.05) is 239 Å². The Bertz CT molecular complexity index is 1470. The molecule has 0 aliphatic rings. The number of phosphoric acid groups is 1. The fourth-order valence-electron chi connectivity index (χ4n) is 7.98. The molecule has 3 atom stereocenters. The molecule has 3 N–H and O–H groups in total. The summed E-state index contributed by atoms with van der Waals surface area (Å²) in [7, 11) is 1.54. The summed E-state index contributed by atoms with van der Waals surface area (Å²) in [4.78, 5) is 23.3. The predicted octanol–water partition coefficient (Wildman–Crippen LogP) is 17.8. The third kappa shape index (κ3) is 55.0. The van der Waals surface area contributed by atoms with Crippen molar-refractivity contribution in [2.45, 2.75) is 251 Å². The molecule has 0 saturated heterocycles. The van der Waals surface area contributed by atoms with E-state index in [4.69, 9.17) is 9.05 Å². The monoisotopic (exact) mass is 1010 g/mol. The zero-order valence-corrected chi connectivity index (χ0v) is 47.6. The first kappa shape index (κ1) is 68.4. The maximum Gasteiger partial charge on any atom is 0.472 e. The molecule has 3 unspecified atom stereocenters. The van der Waals surface area contributed by atoms with Gasteiger partial charge in [-0.15, -0.1) is 0 Å². The standard InChI is InChI=1S/C62H111N2O6P/c1-6-8-10-12-14-16-18-20-22-24-26-28-29-30-31-32-33-34-35-36-38-40-42-44-46-48-50-52-54-56-62(66)63-60(59-70-71(67,68)69-58-57-64(3,4)5)61(65)55-53-51-49-47-45-43-41-39-37-27-25-23-21-19-17-15-13-11-9-7-2/h8,10,14,16,20,22,26,28,30-31,37,39,45,47,53,55,60-61,65H,6-7,9,11-13,15,17-19,21,23-25,27,29,32-36,38,40-44,46,48-52,54,56-59H2,1-5H3,(H-,63,66,67,68)/p+1/b10-8-,16-14-,22-20-,28-26-,31-30-,39-37+,47-45+,55-53+. The van der Waals surface area contributed by atoms with Crippen LogP contribution in [0.25, 0.3) is 0 Å². The SMILES string of the molecule is CC/C=C\C/C=C\C/C=C\C/C=C\C/C=C\CCCCCCCCCCCCCCCC(=O)NC(COP(=O)(O)OCC[N+](C)(C)C)C(O)/C=C/CC/C=C/CC/C=C/CCCCCCCCCCCC. The van der Waals surface area contributed by atoms with E-state index in [9.17, 15) is 19.4 Å². The fourth-order valence-corrected chi connectivity index (χ4v) is 8.72. The Kier molecular flexibility index (Phi) is 50.4. The highest BCUT2D eigenvalue weighted by Crippen LogP contribution is 2.43. The molecule has 8 nitrogen and oxygen atoms in total. The van der Waals surface area contributed by atoms with Crippen molar-refractivity contribution in [2.24, 2.45) is 0 Å². The molecular formula is C62H112N2O6P+. The second-order valence-corrected chi connectivity index (χ2v) is 22.1. The van der Waals surface area contributed by atoms with Gasteiger partial charge in [0.25, 0.3) is 0 Å². The molecule has 0 radical (unpaired) electrons. The van der Waals surface area contributed by atoms with Crippen LogP contribution >= 0.6 is 7.82 Å². The van der Waals surface area contributed by atoms with Crippen LogP contribution in [0.4, 0.5) is 0 Å². The van der Waals surface area contributed by atoms with Gasteiger partial charge >= 0.3 is 7.82 Å². The number of allylic oxidation sites excluding steroid dienone is 15. The van der Waals surface area contributed by atoms with E-state index in [1.807, 2.05) is 27.2 Å². The second-order valence-electron chi connectivity index (χ2n) is 20.6. The van der Waals surface area contributed by atoms with Crippen molar-refractivity contribution in [2.75, 3.05) is 40.9 Å². The number of hydrogen-bond donors (Lipinski definition) is 3. The molecule has 0 aliphatic carbocycles. The molecule has 71 heavy (non-hydrogen) atoms. The highest BCUT2D eigenvalue weighted by molar-refractivity contribution is 7.47. The minimum absolute atomic E-state index is 0.0495. The number of nitrogens with zero attached hydrogens (tertiary/aromatic N) is 1. The number of likely N-dealkylation sites (N-methyl/N-ethyl adjacent to an activating group) is 1. The maximum absolute atomic E-state index is 13.0. The average molecular weight is 1010 g/mol. The van der Waals surface area contributed by atoms with Crippen molar-refractivity contribution in [3.8, 4) is 0 Å². The lowest BCUT2D eigenvalue weighted by Crippen LogP contribution is -2.45. The molecule has 0 aromatic rings. The van der Waals surface area contributed by atoms with Crippen LogP contribution < -0.4 is 5.32 Å². The van der Waals surface area contributed by atoms with Gasteiger partial charge in [0.05, 0.1) is 39.9 Å². The number of carbonyl (C=O) groups is 1. The average Bonchev–Trinajstić information content (AvgIpc) is 3.33. The van der Waals surface area contributed by atoms with Crippen molar-refractivity contribution in [1.82, 2.24) is 5.32 Å². The zero-order valence-electron chi connectivity index (χ0n) is 46.7. The number of rotatable bonds is 52. The van der Waals surface area contributed by atoms with Crippen LogP contribution in [0.15, 0.2) is 97.2 Å². The first-order valence-corrected chi connectivity index (χ1v) is 30.6. The molecule has 0 spiro atoms. The smallest absolute Gasteiger partial charge is 0.387 e. The molecule has 0 saturated carbocycles. The topological polar surface area (TPSA) is 105 Å². The number of carbonyl (C=O) groups excluding carboxylic acids is 1. The Morgan fingerprint density at radius 3 is 1.30 bits per heavy atom. The van der Waals surface area contributed by atoms with E-state index in [0.717, 1.165) is 77.0 Å². The molecule has 0 aromatic heterocycles. The van der Waals surface area contributed by atoms with Crippen LogP contribution in [0.2, 0.25) is 0 Å². The minimum atomic E-state index is -4.36. The van der Waals surface area contributed by atoms with Gasteiger partial charge in [0, 0.05) is 6.42 Å². The van der Waals surface area contributed by atoms with Crippen molar-refractivity contribution in [3.63, 3.8) is 0 Å². The number of quaternary nitrogens is 1. The number of aliphatic hydroxyl groups is 1. The Hall–Kier alpha value is -2.58. The molecule has 1 amide bonds. The number of aliphatic hydroxyl groups excluding tert-OH is 1. The van der Waals surface area contributed by atoms with E-state index >= 15 is 0 Å². The van der Waals surface area contributed by atoms with Gasteiger partial charge < -0.3 is 19.8 Å². The molecule has 0 aromatic carbocycles. The Morgan fingerprint density at radius 1 is 0.493 bits per heavy atom. The van der Waals surface area contributed by atoms with Crippen LogP contribution in [0.5, 0.6) is 0 Å². The van der Waals surface area contributed by atoms with Gasteiger partial charge in [-0.3, -0.25) is 13.8 Å². The molecule has 9 heteroatoms. The molecule has 0 rings (SSSR count). The Labute approximate surface area is 439 Å². The summed E-state index contributed by atoms with van der Waals surface area (Å²) in [5, 5.41) is 13.9. The summed E-state index contributed by atoms with van der Waals surface area (Å²) in [5.41, 5.74) is 0. The summed E-state index contributed by atoms with van der Waals surface area (Å²) >= 11 is 0. The first-order chi connectivity index (χ1) is 34.5. The quantitative estimate of drug-likeness (QED) is 0.0243. The third-order valence-electron chi connectivity index (χ3n) is 12.5. The van der Waals surface area contributed by atoms with E-state index in [1.54, 1.807) is 6.08 Å². The van der Waals surface area contributed by atoms with Gasteiger partial charge in [-0.25, -0.2) is 4.57 Å². The van der Waals surface area contributed by atoms with Crippen LogP contribution in [0.1, 0.15) is 239 Å². The number of amides is 1. The van der Waals surface area contributed by atoms with Crippen molar-refractivity contribution in [3.05, 3.63) is 97.2 Å². The highest BCUT2D eigenvalue weighted by atomic mass is 31.2. The summed E-state index contributed by atoms with van der Waals surface area (Å²) in [5.74, 6) is -0.195. The molecule has 0 bridgehead atoms. The van der Waals surface area contributed by atoms with Crippen molar-refractivity contribution >= 4 is 13.7 Å².